The van der Waals surface area contributed by atoms with Crippen molar-refractivity contribution in [1.82, 2.24) is 5.32 Å². The molecule has 1 amide bonds. The summed E-state index contributed by atoms with van der Waals surface area (Å²) in [6.45, 7) is 7.08. The molecule has 5 rings (SSSR count). The van der Waals surface area contributed by atoms with Gasteiger partial charge in [-0.1, -0.05) is 20.8 Å². The maximum absolute atomic E-state index is 12.3. The number of aliphatic carboxylic acids is 1. The summed E-state index contributed by atoms with van der Waals surface area (Å²) in [5, 5.41) is 43.1. The molecule has 4 saturated carbocycles. The molecule has 12 nitrogen and oxygen atoms in total. The molecule has 5 fully saturated rings. The minimum Gasteiger partial charge on any atom is -0.479 e. The number of carbonyl (C=O) groups is 2. The average molecular weight is 660 g/mol. The Morgan fingerprint density at radius 2 is 1.67 bits per heavy atom. The van der Waals surface area contributed by atoms with Gasteiger partial charge in [-0.25, -0.2) is 4.79 Å². The van der Waals surface area contributed by atoms with E-state index in [1.807, 2.05) is 0 Å². The summed E-state index contributed by atoms with van der Waals surface area (Å²) in [7, 11) is -4.09. The molecule has 1 aliphatic heterocycles. The Hall–Kier alpha value is -1.35. The Morgan fingerprint density at radius 1 is 0.978 bits per heavy atom. The summed E-state index contributed by atoms with van der Waals surface area (Å²) in [6, 6.07) is 0. The predicted molar refractivity (Wildman–Crippen MR) is 162 cm³/mol. The van der Waals surface area contributed by atoms with Crippen LogP contribution in [-0.4, -0.2) is 94.4 Å². The van der Waals surface area contributed by atoms with Crippen molar-refractivity contribution in [3.63, 3.8) is 0 Å². The second kappa shape index (κ2) is 13.3. The standard InChI is InChI=1S/C32H53NO11S/c1-17(4-9-24(34)33-14-15-45(40,41)42)21-7-8-22-20-6-5-18-16-19(10-12-31(18,2)23(20)11-13-32(21,22)3)43-28-26(36)25(35)27(29(37)38)44-30(28)39/h17-23,25-28,30,35-36,39H,4-16H2,1-3H3,(H,33,34)(H,37,38)(H,40,41,42)/t17-,18?,19?,20+,21-,22+,23+,25-,26-,27+,28-,30-,31+,32-/m1/s1. The van der Waals surface area contributed by atoms with E-state index in [-0.39, 0.29) is 29.4 Å². The van der Waals surface area contributed by atoms with Crippen LogP contribution in [0.25, 0.3) is 0 Å². The highest BCUT2D eigenvalue weighted by molar-refractivity contribution is 7.85. The van der Waals surface area contributed by atoms with Gasteiger partial charge in [-0.3, -0.25) is 9.35 Å². The molecule has 1 saturated heterocycles. The van der Waals surface area contributed by atoms with Crippen LogP contribution in [0.3, 0.4) is 0 Å². The first kappa shape index (κ1) is 35.0. The normalized spacial score (nSPS) is 45.5. The van der Waals surface area contributed by atoms with Gasteiger partial charge < -0.3 is 35.2 Å². The monoisotopic (exact) mass is 659 g/mol. The zero-order valence-corrected chi connectivity index (χ0v) is 27.5. The average Bonchev–Trinajstić information content (AvgIpc) is 3.32. The van der Waals surface area contributed by atoms with Crippen LogP contribution in [0.4, 0.5) is 0 Å². The van der Waals surface area contributed by atoms with Crippen LogP contribution < -0.4 is 5.32 Å². The minimum atomic E-state index is -4.09. The van der Waals surface area contributed by atoms with E-state index < -0.39 is 52.5 Å². The number of carboxylic acid groups (broad SMARTS) is 1. The van der Waals surface area contributed by atoms with Gasteiger partial charge in [0.2, 0.25) is 5.91 Å². The Balaban J connectivity index is 1.16. The number of carbonyl (C=O) groups excluding carboxylic acids is 1. The van der Waals surface area contributed by atoms with E-state index in [0.29, 0.717) is 41.9 Å². The third-order valence-electron chi connectivity index (χ3n) is 13.0. The Bertz CT molecular complexity index is 1200. The van der Waals surface area contributed by atoms with Gasteiger partial charge in [0, 0.05) is 13.0 Å². The van der Waals surface area contributed by atoms with Gasteiger partial charge in [0.1, 0.15) is 18.3 Å². The third-order valence-corrected chi connectivity index (χ3v) is 13.8. The van der Waals surface area contributed by atoms with Crippen molar-refractivity contribution in [3.05, 3.63) is 0 Å². The van der Waals surface area contributed by atoms with Crippen molar-refractivity contribution < 1.29 is 52.5 Å². The van der Waals surface area contributed by atoms with Gasteiger partial charge in [-0.15, -0.1) is 0 Å². The fourth-order valence-corrected chi connectivity index (χ4v) is 11.1. The van der Waals surface area contributed by atoms with Gasteiger partial charge in [-0.05, 0) is 111 Å². The summed E-state index contributed by atoms with van der Waals surface area (Å²) >= 11 is 0. The molecule has 0 bridgehead atoms. The van der Waals surface area contributed by atoms with Crippen LogP contribution in [0.1, 0.15) is 91.4 Å². The number of hydrogen-bond donors (Lipinski definition) is 6. The van der Waals surface area contributed by atoms with Gasteiger partial charge in [0.05, 0.1) is 11.9 Å². The van der Waals surface area contributed by atoms with E-state index >= 15 is 0 Å². The van der Waals surface area contributed by atoms with E-state index in [0.717, 1.165) is 51.4 Å². The maximum Gasteiger partial charge on any atom is 0.335 e. The van der Waals surface area contributed by atoms with Crippen molar-refractivity contribution in [3.8, 4) is 0 Å². The molecule has 0 aromatic rings. The maximum atomic E-state index is 12.3. The second-order valence-corrected chi connectivity index (χ2v) is 16.9. The summed E-state index contributed by atoms with van der Waals surface area (Å²) < 4.78 is 42.0. The van der Waals surface area contributed by atoms with Crippen LogP contribution >= 0.6 is 0 Å². The fourth-order valence-electron chi connectivity index (χ4n) is 10.7. The Morgan fingerprint density at radius 3 is 2.36 bits per heavy atom. The number of nitrogens with one attached hydrogen (secondary N) is 1. The lowest BCUT2D eigenvalue weighted by atomic mass is 9.44. The van der Waals surface area contributed by atoms with Gasteiger partial charge in [0.25, 0.3) is 10.1 Å². The molecule has 2 unspecified atom stereocenters. The number of fused-ring (bicyclic) bond motifs is 5. The quantitative estimate of drug-likeness (QED) is 0.188. The van der Waals surface area contributed by atoms with Crippen LogP contribution in [-0.2, 0) is 29.2 Å². The van der Waals surface area contributed by atoms with E-state index in [1.54, 1.807) is 0 Å². The van der Waals surface area contributed by atoms with E-state index in [1.165, 1.54) is 12.8 Å². The largest absolute Gasteiger partial charge is 0.479 e. The third kappa shape index (κ3) is 6.96. The number of aliphatic hydroxyl groups excluding tert-OH is 3. The van der Waals surface area contributed by atoms with Crippen molar-refractivity contribution in [2.24, 2.45) is 46.3 Å². The fraction of sp³-hybridized carbons (Fsp3) is 0.938. The van der Waals surface area contributed by atoms with Gasteiger partial charge in [0.15, 0.2) is 12.4 Å². The molecule has 14 atom stereocenters. The summed E-state index contributed by atoms with van der Waals surface area (Å²) in [5.74, 6) is 1.16. The Labute approximate surface area is 266 Å². The smallest absolute Gasteiger partial charge is 0.335 e. The molecular weight excluding hydrogens is 606 g/mol. The number of amides is 1. The lowest BCUT2D eigenvalue weighted by molar-refractivity contribution is -0.300. The van der Waals surface area contributed by atoms with Crippen molar-refractivity contribution >= 4 is 22.0 Å². The number of rotatable bonds is 10. The lowest BCUT2D eigenvalue weighted by Crippen LogP contribution is -2.61. The molecule has 45 heavy (non-hydrogen) atoms. The van der Waals surface area contributed by atoms with E-state index in [4.69, 9.17) is 14.0 Å². The lowest BCUT2D eigenvalue weighted by Gasteiger charge is -2.61. The van der Waals surface area contributed by atoms with E-state index in [2.05, 4.69) is 26.1 Å². The van der Waals surface area contributed by atoms with Crippen LogP contribution in [0.2, 0.25) is 0 Å². The zero-order chi connectivity index (χ0) is 32.9. The predicted octanol–water partition coefficient (Wildman–Crippen LogP) is 2.34. The molecule has 0 spiro atoms. The number of hydrogen-bond acceptors (Lipinski definition) is 9. The molecule has 6 N–H and O–H groups in total. The van der Waals surface area contributed by atoms with E-state index in [9.17, 15) is 38.4 Å². The highest BCUT2D eigenvalue weighted by Gasteiger charge is 2.61. The first-order chi connectivity index (χ1) is 21.0. The SMILES string of the molecule is C[C@H](CCC(=O)NCCS(=O)(=O)O)[C@H]1CC[C@H]2[C@@H]3CCC4CC(O[C@@H]5[C@H](O)[C@@H](O)[C@@H](C(=O)O)O[C@H]5O)CC[C@]4(C)[C@H]3CC[C@]12C. The highest BCUT2D eigenvalue weighted by Crippen LogP contribution is 2.68. The summed E-state index contributed by atoms with van der Waals surface area (Å²) in [5.41, 5.74) is 0.398. The molecule has 13 heteroatoms. The Kier molecular flexibility index (Phi) is 10.3. The number of aliphatic hydroxyl groups is 3. The molecular formula is C32H53NO11S. The number of carboxylic acids is 1. The van der Waals surface area contributed by atoms with Crippen molar-refractivity contribution in [2.75, 3.05) is 12.3 Å². The second-order valence-electron chi connectivity index (χ2n) is 15.3. The van der Waals surface area contributed by atoms with Crippen molar-refractivity contribution in [2.45, 2.75) is 128 Å². The minimum absolute atomic E-state index is 0.0831. The topological polar surface area (TPSA) is 200 Å². The number of ether oxygens (including phenoxy) is 2. The first-order valence-corrected chi connectivity index (χ1v) is 18.5. The van der Waals surface area contributed by atoms with Crippen LogP contribution in [0.5, 0.6) is 0 Å². The van der Waals surface area contributed by atoms with Crippen molar-refractivity contribution in [1.29, 1.82) is 0 Å². The molecule has 4 aliphatic carbocycles. The van der Waals surface area contributed by atoms with Crippen LogP contribution in [0.15, 0.2) is 0 Å². The van der Waals surface area contributed by atoms with Gasteiger partial charge >= 0.3 is 5.97 Å². The molecule has 5 aliphatic rings. The highest BCUT2D eigenvalue weighted by atomic mass is 32.2. The first-order valence-electron chi connectivity index (χ1n) is 16.8. The van der Waals surface area contributed by atoms with Gasteiger partial charge in [-0.2, -0.15) is 8.42 Å². The summed E-state index contributed by atoms with van der Waals surface area (Å²) in [6.07, 6.45) is 2.55. The molecule has 258 valence electrons. The zero-order valence-electron chi connectivity index (χ0n) is 26.7. The molecule has 0 aromatic carbocycles. The van der Waals surface area contributed by atoms with Crippen LogP contribution in [0, 0.1) is 46.3 Å². The molecule has 0 aromatic heterocycles. The summed E-state index contributed by atoms with van der Waals surface area (Å²) in [4.78, 5) is 23.7. The molecule has 0 radical (unpaired) electrons. The molecule has 1 heterocycles.